The molecule has 0 bridgehead atoms. The second-order valence-electron chi connectivity index (χ2n) is 8.10. The molecule has 0 fully saturated rings. The fourth-order valence-corrected chi connectivity index (χ4v) is 4.25. The number of nitrogens with zero attached hydrogens (tertiary/aromatic N) is 2. The number of rotatable bonds is 8. The Morgan fingerprint density at radius 2 is 1.69 bits per heavy atom. The van der Waals surface area contributed by atoms with E-state index in [-0.39, 0.29) is 29.7 Å². The molecule has 1 aromatic heterocycles. The van der Waals surface area contributed by atoms with Gasteiger partial charge in [-0.15, -0.1) is 0 Å². The smallest absolute Gasteiger partial charge is 0.295 e. The van der Waals surface area contributed by atoms with E-state index in [1.165, 1.54) is 4.68 Å². The first-order chi connectivity index (χ1) is 16.9. The van der Waals surface area contributed by atoms with E-state index in [9.17, 15) is 9.59 Å². The van der Waals surface area contributed by atoms with Gasteiger partial charge in [-0.05, 0) is 42.8 Å². The number of anilines is 1. The maximum absolute atomic E-state index is 13.1. The van der Waals surface area contributed by atoms with Crippen molar-refractivity contribution in [2.45, 2.75) is 13.0 Å². The van der Waals surface area contributed by atoms with E-state index >= 15 is 0 Å². The topological polar surface area (TPSA) is 77.3 Å². The SMILES string of the molecule is COc1ccc(Cl)cc1C(NCC(=O)Nc1c(C)n(C)n(-c2ccccc2)c1=O)c1ccccc1. The molecule has 1 amide bonds. The van der Waals surface area contributed by atoms with Crippen LogP contribution in [-0.2, 0) is 11.8 Å². The minimum absolute atomic E-state index is 0.0334. The van der Waals surface area contributed by atoms with Crippen molar-refractivity contribution >= 4 is 23.2 Å². The fourth-order valence-electron chi connectivity index (χ4n) is 4.07. The van der Waals surface area contributed by atoms with Crippen LogP contribution in [0.1, 0.15) is 22.9 Å². The number of methoxy groups -OCH3 is 1. The maximum atomic E-state index is 13.1. The Balaban J connectivity index is 1.58. The van der Waals surface area contributed by atoms with Crippen molar-refractivity contribution in [3.63, 3.8) is 0 Å². The van der Waals surface area contributed by atoms with Gasteiger partial charge in [0.25, 0.3) is 5.56 Å². The quantitative estimate of drug-likeness (QED) is 0.382. The van der Waals surface area contributed by atoms with Crippen LogP contribution in [0, 0.1) is 6.92 Å². The number of hydrogen-bond acceptors (Lipinski definition) is 4. The molecular weight excluding hydrogens is 464 g/mol. The summed E-state index contributed by atoms with van der Waals surface area (Å²) in [6.45, 7) is 1.77. The monoisotopic (exact) mass is 490 g/mol. The number of nitrogens with one attached hydrogen (secondary N) is 2. The Morgan fingerprint density at radius 3 is 2.34 bits per heavy atom. The van der Waals surface area contributed by atoms with Gasteiger partial charge < -0.3 is 10.1 Å². The summed E-state index contributed by atoms with van der Waals surface area (Å²) in [6, 6.07) is 24.1. The minimum atomic E-state index is -0.353. The molecule has 1 heterocycles. The number of benzene rings is 3. The highest BCUT2D eigenvalue weighted by Crippen LogP contribution is 2.32. The summed E-state index contributed by atoms with van der Waals surface area (Å²) in [5.74, 6) is 0.318. The molecule has 0 aliphatic heterocycles. The van der Waals surface area contributed by atoms with Crippen LogP contribution in [0.5, 0.6) is 5.75 Å². The number of hydrogen-bond donors (Lipinski definition) is 2. The molecule has 4 rings (SSSR count). The number of amides is 1. The molecule has 0 saturated carbocycles. The normalized spacial score (nSPS) is 11.8. The Hall–Kier alpha value is -3.81. The van der Waals surface area contributed by atoms with Gasteiger partial charge in [0, 0.05) is 17.6 Å². The van der Waals surface area contributed by atoms with Crippen molar-refractivity contribution in [2.75, 3.05) is 19.0 Å². The second kappa shape index (κ2) is 10.6. The number of aromatic nitrogens is 2. The third-order valence-corrected chi connectivity index (χ3v) is 6.16. The zero-order chi connectivity index (χ0) is 24.9. The number of carbonyl (C=O) groups is 1. The molecule has 1 unspecified atom stereocenters. The van der Waals surface area contributed by atoms with E-state index in [2.05, 4.69) is 10.6 Å². The van der Waals surface area contributed by atoms with Crippen molar-refractivity contribution in [1.29, 1.82) is 0 Å². The maximum Gasteiger partial charge on any atom is 0.295 e. The summed E-state index contributed by atoms with van der Waals surface area (Å²) >= 11 is 6.28. The van der Waals surface area contributed by atoms with E-state index in [0.29, 0.717) is 16.5 Å². The summed E-state index contributed by atoms with van der Waals surface area (Å²) in [5, 5.41) is 6.66. The lowest BCUT2D eigenvalue weighted by molar-refractivity contribution is -0.115. The Bertz CT molecular complexity index is 1380. The number of halogens is 1. The van der Waals surface area contributed by atoms with Gasteiger partial charge in [-0.25, -0.2) is 4.68 Å². The zero-order valence-electron chi connectivity index (χ0n) is 19.8. The van der Waals surface area contributed by atoms with Gasteiger partial charge in [0.15, 0.2) is 0 Å². The molecule has 2 N–H and O–H groups in total. The van der Waals surface area contributed by atoms with Gasteiger partial charge >= 0.3 is 0 Å². The van der Waals surface area contributed by atoms with Crippen LogP contribution in [0.2, 0.25) is 5.02 Å². The van der Waals surface area contributed by atoms with Crippen LogP contribution < -0.4 is 20.9 Å². The van der Waals surface area contributed by atoms with E-state index in [4.69, 9.17) is 16.3 Å². The predicted octanol–water partition coefficient (Wildman–Crippen LogP) is 4.46. The molecule has 7 nitrogen and oxygen atoms in total. The molecule has 0 aliphatic carbocycles. The zero-order valence-corrected chi connectivity index (χ0v) is 20.5. The average molecular weight is 491 g/mol. The highest BCUT2D eigenvalue weighted by atomic mass is 35.5. The molecule has 3 aromatic carbocycles. The first kappa shape index (κ1) is 24.3. The van der Waals surface area contributed by atoms with Crippen molar-refractivity contribution in [3.05, 3.63) is 111 Å². The van der Waals surface area contributed by atoms with Gasteiger partial charge in [0.05, 0.1) is 31.1 Å². The molecule has 0 spiro atoms. The van der Waals surface area contributed by atoms with Crippen LogP contribution in [0.15, 0.2) is 83.7 Å². The van der Waals surface area contributed by atoms with Crippen LogP contribution in [-0.4, -0.2) is 28.9 Å². The summed E-state index contributed by atoms with van der Waals surface area (Å²) in [5.41, 5.74) is 3.09. The molecule has 180 valence electrons. The lowest BCUT2D eigenvalue weighted by Crippen LogP contribution is -2.33. The van der Waals surface area contributed by atoms with Gasteiger partial charge in [0.2, 0.25) is 5.91 Å². The van der Waals surface area contributed by atoms with E-state index < -0.39 is 0 Å². The van der Waals surface area contributed by atoms with Crippen molar-refractivity contribution in [3.8, 4) is 11.4 Å². The van der Waals surface area contributed by atoms with Gasteiger partial charge in [0.1, 0.15) is 11.4 Å². The second-order valence-corrected chi connectivity index (χ2v) is 8.53. The standard InChI is InChI=1S/C27H27ClN4O3/c1-18-25(27(34)32(31(18)2)21-12-8-5-9-13-21)30-24(33)17-29-26(19-10-6-4-7-11-19)22-16-20(28)14-15-23(22)35-3/h4-16,26,29H,17H2,1-3H3,(H,30,33). The van der Waals surface area contributed by atoms with Crippen molar-refractivity contribution in [2.24, 2.45) is 7.05 Å². The first-order valence-corrected chi connectivity index (χ1v) is 11.5. The van der Waals surface area contributed by atoms with Crippen LogP contribution in [0.25, 0.3) is 5.69 Å². The van der Waals surface area contributed by atoms with Crippen LogP contribution in [0.4, 0.5) is 5.69 Å². The largest absolute Gasteiger partial charge is 0.496 e. The number of para-hydroxylation sites is 1. The van der Waals surface area contributed by atoms with Gasteiger partial charge in [-0.2, -0.15) is 0 Å². The summed E-state index contributed by atoms with van der Waals surface area (Å²) in [6.07, 6.45) is 0. The third-order valence-electron chi connectivity index (χ3n) is 5.92. The van der Waals surface area contributed by atoms with E-state index in [1.54, 1.807) is 37.9 Å². The van der Waals surface area contributed by atoms with Gasteiger partial charge in [-0.1, -0.05) is 60.1 Å². The number of carbonyl (C=O) groups excluding carboxylic acids is 1. The molecule has 4 aromatic rings. The average Bonchev–Trinajstić information content (AvgIpc) is 3.08. The van der Waals surface area contributed by atoms with Crippen LogP contribution in [0.3, 0.4) is 0 Å². The van der Waals surface area contributed by atoms with Gasteiger partial charge in [-0.3, -0.25) is 19.6 Å². The number of ether oxygens (including phenoxy) is 1. The van der Waals surface area contributed by atoms with Crippen molar-refractivity contribution in [1.82, 2.24) is 14.7 Å². The summed E-state index contributed by atoms with van der Waals surface area (Å²) < 4.78 is 8.80. The Morgan fingerprint density at radius 1 is 1.03 bits per heavy atom. The minimum Gasteiger partial charge on any atom is -0.496 e. The third kappa shape index (κ3) is 5.16. The van der Waals surface area contributed by atoms with E-state index in [1.807, 2.05) is 66.7 Å². The Labute approximate surface area is 208 Å². The van der Waals surface area contributed by atoms with E-state index in [0.717, 1.165) is 16.8 Å². The first-order valence-electron chi connectivity index (χ1n) is 11.2. The molecule has 8 heteroatoms. The molecule has 35 heavy (non-hydrogen) atoms. The summed E-state index contributed by atoms with van der Waals surface area (Å²) in [7, 11) is 3.38. The molecule has 0 aliphatic rings. The molecule has 1 atom stereocenters. The predicted molar refractivity (Wildman–Crippen MR) is 139 cm³/mol. The Kier molecular flexibility index (Phi) is 7.39. The van der Waals surface area contributed by atoms with Crippen LogP contribution >= 0.6 is 11.6 Å². The molecular formula is C27H27ClN4O3. The lowest BCUT2D eigenvalue weighted by atomic mass is 9.97. The highest BCUT2D eigenvalue weighted by Gasteiger charge is 2.22. The highest BCUT2D eigenvalue weighted by molar-refractivity contribution is 6.30. The fraction of sp³-hybridized carbons (Fsp3) is 0.185. The molecule has 0 radical (unpaired) electrons. The summed E-state index contributed by atoms with van der Waals surface area (Å²) in [4.78, 5) is 26.1. The molecule has 0 saturated heterocycles. The van der Waals surface area contributed by atoms with Crippen molar-refractivity contribution < 1.29 is 9.53 Å². The lowest BCUT2D eigenvalue weighted by Gasteiger charge is -2.22.